The van der Waals surface area contributed by atoms with E-state index in [1.54, 1.807) is 18.2 Å². The van der Waals surface area contributed by atoms with Crippen LogP contribution in [0.15, 0.2) is 47.4 Å². The Morgan fingerprint density at radius 3 is 2.36 bits per heavy atom. The Morgan fingerprint density at radius 2 is 1.79 bits per heavy atom. The molecule has 2 aromatic carbocycles. The predicted molar refractivity (Wildman–Crippen MR) is 114 cm³/mol. The van der Waals surface area contributed by atoms with E-state index in [4.69, 9.17) is 9.88 Å². The molecule has 0 saturated carbocycles. The van der Waals surface area contributed by atoms with Gasteiger partial charge in [-0.2, -0.15) is 0 Å². The van der Waals surface area contributed by atoms with Crippen molar-refractivity contribution in [1.29, 1.82) is 0 Å². The van der Waals surface area contributed by atoms with E-state index in [1.165, 1.54) is 0 Å². The maximum absolute atomic E-state index is 12.3. The molecule has 4 N–H and O–H groups in total. The third kappa shape index (κ3) is 6.82. The van der Waals surface area contributed by atoms with Crippen LogP contribution in [0.25, 0.3) is 0 Å². The van der Waals surface area contributed by atoms with Gasteiger partial charge in [0.15, 0.2) is 5.75 Å². The molecule has 0 aliphatic carbocycles. The van der Waals surface area contributed by atoms with Crippen molar-refractivity contribution in [2.75, 3.05) is 11.9 Å². The molecule has 0 bridgehead atoms. The maximum Gasteiger partial charge on any atom is 0.241 e. The summed E-state index contributed by atoms with van der Waals surface area (Å²) in [7, 11) is -3.98. The molecule has 2 rings (SSSR count). The van der Waals surface area contributed by atoms with Gasteiger partial charge in [-0.25, -0.2) is 13.6 Å². The zero-order chi connectivity index (χ0) is 20.8. The van der Waals surface area contributed by atoms with Crippen LogP contribution >= 0.6 is 0 Å². The molecule has 0 aliphatic rings. The van der Waals surface area contributed by atoms with Gasteiger partial charge in [0, 0.05) is 18.6 Å². The molecular formula is C21H31N3O3S. The second-order valence-corrected chi connectivity index (χ2v) is 9.34. The van der Waals surface area contributed by atoms with Crippen LogP contribution < -0.4 is 20.5 Å². The van der Waals surface area contributed by atoms with Crippen molar-refractivity contribution in [3.63, 3.8) is 0 Å². The van der Waals surface area contributed by atoms with E-state index in [2.05, 4.69) is 38.3 Å². The average Bonchev–Trinajstić information content (AvgIpc) is 2.61. The van der Waals surface area contributed by atoms with Gasteiger partial charge in [0.25, 0.3) is 0 Å². The van der Waals surface area contributed by atoms with Crippen molar-refractivity contribution in [2.24, 2.45) is 5.14 Å². The monoisotopic (exact) mass is 405 g/mol. The Bertz CT molecular complexity index is 876. The third-order valence-electron chi connectivity index (χ3n) is 4.05. The summed E-state index contributed by atoms with van der Waals surface area (Å²) in [6.45, 7) is 9.49. The highest BCUT2D eigenvalue weighted by Gasteiger charge is 2.22. The minimum absolute atomic E-state index is 0.0245. The molecule has 0 aromatic heterocycles. The summed E-state index contributed by atoms with van der Waals surface area (Å²) in [6, 6.07) is 12.6. The number of benzene rings is 2. The van der Waals surface area contributed by atoms with E-state index in [9.17, 15) is 8.42 Å². The lowest BCUT2D eigenvalue weighted by Gasteiger charge is -2.22. The lowest BCUT2D eigenvalue weighted by Crippen LogP contribution is -2.35. The summed E-state index contributed by atoms with van der Waals surface area (Å²) < 4.78 is 30.6. The number of unbranched alkanes of at least 4 members (excludes halogenated alkanes) is 1. The molecular weight excluding hydrogens is 374 g/mol. The molecule has 0 heterocycles. The SMILES string of the molecule is CCCCNc1cc(CNC(C)(C)C)cc(S(N)(=O)=O)c1Oc1ccccc1. The Balaban J connectivity index is 2.51. The third-order valence-corrected chi connectivity index (χ3v) is 4.97. The largest absolute Gasteiger partial charge is 0.454 e. The molecule has 7 heteroatoms. The first kappa shape index (κ1) is 22.2. The highest BCUT2D eigenvalue weighted by atomic mass is 32.2. The summed E-state index contributed by atoms with van der Waals surface area (Å²) in [5, 5.41) is 12.2. The fraction of sp³-hybridized carbons (Fsp3) is 0.429. The number of nitrogens with one attached hydrogen (secondary N) is 2. The van der Waals surface area contributed by atoms with Gasteiger partial charge in [-0.3, -0.25) is 0 Å². The number of sulfonamides is 1. The number of primary sulfonamides is 1. The summed E-state index contributed by atoms with van der Waals surface area (Å²) in [5.74, 6) is 0.774. The van der Waals surface area contributed by atoms with Gasteiger partial charge in [-0.1, -0.05) is 31.5 Å². The number of anilines is 1. The molecule has 0 spiro atoms. The van der Waals surface area contributed by atoms with E-state index < -0.39 is 10.0 Å². The van der Waals surface area contributed by atoms with E-state index >= 15 is 0 Å². The Morgan fingerprint density at radius 1 is 1.11 bits per heavy atom. The van der Waals surface area contributed by atoms with Crippen LogP contribution in [0, 0.1) is 0 Å². The number of rotatable bonds is 9. The molecule has 0 radical (unpaired) electrons. The summed E-state index contributed by atoms with van der Waals surface area (Å²) in [5.41, 5.74) is 1.34. The number of hydrogen-bond donors (Lipinski definition) is 3. The molecule has 0 fully saturated rings. The van der Waals surface area contributed by atoms with Gasteiger partial charge in [-0.15, -0.1) is 0 Å². The summed E-state index contributed by atoms with van der Waals surface area (Å²) >= 11 is 0. The average molecular weight is 406 g/mol. The van der Waals surface area contributed by atoms with Gasteiger partial charge in [0.1, 0.15) is 10.6 Å². The molecule has 28 heavy (non-hydrogen) atoms. The molecule has 0 aliphatic heterocycles. The quantitative estimate of drug-likeness (QED) is 0.543. The minimum atomic E-state index is -3.98. The lowest BCUT2D eigenvalue weighted by atomic mass is 10.1. The van der Waals surface area contributed by atoms with Crippen molar-refractivity contribution in [3.8, 4) is 11.5 Å². The molecule has 6 nitrogen and oxygen atoms in total. The van der Waals surface area contributed by atoms with Crippen molar-refractivity contribution >= 4 is 15.7 Å². The normalized spacial score (nSPS) is 12.0. The molecule has 0 atom stereocenters. The first-order valence-corrected chi connectivity index (χ1v) is 11.1. The molecule has 0 unspecified atom stereocenters. The van der Waals surface area contributed by atoms with Gasteiger partial charge >= 0.3 is 0 Å². The van der Waals surface area contributed by atoms with E-state index in [-0.39, 0.29) is 16.2 Å². The van der Waals surface area contributed by atoms with Crippen LogP contribution in [-0.2, 0) is 16.6 Å². The van der Waals surface area contributed by atoms with E-state index in [0.29, 0.717) is 24.5 Å². The number of ether oxygens (including phenoxy) is 1. The van der Waals surface area contributed by atoms with Crippen molar-refractivity contribution < 1.29 is 13.2 Å². The molecule has 0 amide bonds. The van der Waals surface area contributed by atoms with Gasteiger partial charge in [-0.05, 0) is 57.0 Å². The van der Waals surface area contributed by atoms with Crippen LogP contribution in [0.1, 0.15) is 46.1 Å². The Kier molecular flexibility index (Phi) is 7.46. The van der Waals surface area contributed by atoms with Crippen molar-refractivity contribution in [1.82, 2.24) is 5.32 Å². The Labute approximate surface area is 168 Å². The molecule has 2 aromatic rings. The van der Waals surface area contributed by atoms with Crippen LogP contribution in [0.3, 0.4) is 0 Å². The first-order chi connectivity index (χ1) is 13.1. The number of nitrogens with two attached hydrogens (primary N) is 1. The second-order valence-electron chi connectivity index (χ2n) is 7.81. The van der Waals surface area contributed by atoms with E-state index in [1.807, 2.05) is 24.3 Å². The van der Waals surface area contributed by atoms with Gasteiger partial charge in [0.2, 0.25) is 10.0 Å². The standard InChI is InChI=1S/C21H31N3O3S/c1-5-6-12-23-18-13-16(15-24-21(2,3)4)14-19(28(22,25)26)20(18)27-17-10-8-7-9-11-17/h7-11,13-14,23-24H,5-6,12,15H2,1-4H3,(H2,22,25,26). The first-order valence-electron chi connectivity index (χ1n) is 9.51. The smallest absolute Gasteiger partial charge is 0.241 e. The van der Waals surface area contributed by atoms with Crippen LogP contribution in [0.5, 0.6) is 11.5 Å². The number of para-hydroxylation sites is 1. The van der Waals surface area contributed by atoms with Crippen LogP contribution in [-0.4, -0.2) is 20.5 Å². The zero-order valence-corrected chi connectivity index (χ0v) is 17.9. The molecule has 0 saturated heterocycles. The molecule has 154 valence electrons. The van der Waals surface area contributed by atoms with Gasteiger partial charge < -0.3 is 15.4 Å². The summed E-state index contributed by atoms with van der Waals surface area (Å²) in [6.07, 6.45) is 1.98. The highest BCUT2D eigenvalue weighted by Crippen LogP contribution is 2.37. The fourth-order valence-electron chi connectivity index (χ4n) is 2.58. The topological polar surface area (TPSA) is 93.5 Å². The zero-order valence-electron chi connectivity index (χ0n) is 17.1. The van der Waals surface area contributed by atoms with Crippen LogP contribution in [0.2, 0.25) is 0 Å². The highest BCUT2D eigenvalue weighted by molar-refractivity contribution is 7.89. The lowest BCUT2D eigenvalue weighted by molar-refractivity contribution is 0.423. The Hall–Kier alpha value is -2.09. The minimum Gasteiger partial charge on any atom is -0.454 e. The predicted octanol–water partition coefficient (Wildman–Crippen LogP) is 4.23. The van der Waals surface area contributed by atoms with Gasteiger partial charge in [0.05, 0.1) is 5.69 Å². The maximum atomic E-state index is 12.3. The fourth-order valence-corrected chi connectivity index (χ4v) is 3.31. The van der Waals surface area contributed by atoms with Crippen molar-refractivity contribution in [3.05, 3.63) is 48.0 Å². The van der Waals surface area contributed by atoms with Crippen LogP contribution in [0.4, 0.5) is 5.69 Å². The van der Waals surface area contributed by atoms with E-state index in [0.717, 1.165) is 18.4 Å². The number of hydrogen-bond acceptors (Lipinski definition) is 5. The van der Waals surface area contributed by atoms with Crippen molar-refractivity contribution in [2.45, 2.75) is 57.5 Å². The summed E-state index contributed by atoms with van der Waals surface area (Å²) in [4.78, 5) is -0.0245. The second kappa shape index (κ2) is 9.41.